The third-order valence-corrected chi connectivity index (χ3v) is 12.9. The molecule has 3 unspecified atom stereocenters. The zero-order valence-corrected chi connectivity index (χ0v) is 36.2. The number of nitrogens with zero attached hydrogens (tertiary/aromatic N) is 2. The molecule has 2 saturated carbocycles. The lowest BCUT2D eigenvalue weighted by atomic mass is 9.80. The summed E-state index contributed by atoms with van der Waals surface area (Å²) in [6.45, 7) is 17.5. The van der Waals surface area contributed by atoms with Crippen LogP contribution in [-0.2, 0) is 30.4 Å². The summed E-state index contributed by atoms with van der Waals surface area (Å²) in [4.78, 5) is 70.8. The van der Waals surface area contributed by atoms with E-state index in [4.69, 9.17) is 0 Å². The topological polar surface area (TPSA) is 177 Å². The average Bonchev–Trinajstić information content (AvgIpc) is 3.88. The van der Waals surface area contributed by atoms with Crippen LogP contribution in [0, 0.1) is 40.9 Å². The summed E-state index contributed by atoms with van der Waals surface area (Å²) in [5.74, 6) is -1.33. The lowest BCUT2D eigenvalue weighted by molar-refractivity contribution is -0.142. The molecule has 3 rings (SSSR count). The first kappa shape index (κ1) is 47.7. The normalized spacial score (nSPS) is 21.9. The van der Waals surface area contributed by atoms with Crippen molar-refractivity contribution in [3.63, 3.8) is 0 Å². The van der Waals surface area contributed by atoms with Crippen LogP contribution in [0.1, 0.15) is 125 Å². The Hall–Kier alpha value is -2.68. The van der Waals surface area contributed by atoms with Gasteiger partial charge in [-0.15, -0.1) is 6.58 Å². The molecule has 320 valence electrons. The first-order valence-corrected chi connectivity index (χ1v) is 22.4. The first-order valence-electron chi connectivity index (χ1n) is 21.3. The van der Waals surface area contributed by atoms with E-state index in [-0.39, 0.29) is 49.0 Å². The van der Waals surface area contributed by atoms with Gasteiger partial charge < -0.3 is 26.2 Å². The maximum atomic E-state index is 14.8. The largest absolute Gasteiger partial charge is 0.346 e. The Bertz CT molecular complexity index is 1340. The number of hydrogen-bond donors (Lipinski definition) is 5. The molecule has 0 aromatic heterocycles. The summed E-state index contributed by atoms with van der Waals surface area (Å²) in [6.07, 6.45) is 11.6. The summed E-state index contributed by atoms with van der Waals surface area (Å²) in [5, 5.41) is 11.8. The van der Waals surface area contributed by atoms with Gasteiger partial charge in [0.05, 0.1) is 6.04 Å². The molecule has 0 spiro atoms. The Morgan fingerprint density at radius 3 is 2.23 bits per heavy atom. The van der Waals surface area contributed by atoms with Gasteiger partial charge in [0.2, 0.25) is 23.0 Å². The van der Waals surface area contributed by atoms with Gasteiger partial charge in [-0.05, 0) is 93.5 Å². The van der Waals surface area contributed by atoms with Gasteiger partial charge in [0.25, 0.3) is 5.91 Å². The second kappa shape index (κ2) is 23.0. The molecule has 0 bridgehead atoms. The highest BCUT2D eigenvalue weighted by atomic mass is 32.2. The second-order valence-electron chi connectivity index (χ2n) is 18.3. The van der Waals surface area contributed by atoms with E-state index in [2.05, 4.69) is 41.7 Å². The average molecular weight is 807 g/mol. The van der Waals surface area contributed by atoms with E-state index < -0.39 is 58.4 Å². The van der Waals surface area contributed by atoms with Gasteiger partial charge >= 0.3 is 6.03 Å². The zero-order chi connectivity index (χ0) is 41.6. The second-order valence-corrected chi connectivity index (χ2v) is 19.3. The Labute approximate surface area is 339 Å². The van der Waals surface area contributed by atoms with E-state index in [0.717, 1.165) is 51.4 Å². The molecule has 1 heterocycles. The minimum atomic E-state index is -2.23. The van der Waals surface area contributed by atoms with E-state index in [9.17, 15) is 32.7 Å². The molecule has 0 aromatic carbocycles. The lowest BCUT2D eigenvalue weighted by Gasteiger charge is -2.37. The quantitative estimate of drug-likeness (QED) is 0.0381. The van der Waals surface area contributed by atoms with Gasteiger partial charge in [-0.3, -0.25) is 23.7 Å². The number of carbonyl (C=O) groups is 5. The summed E-state index contributed by atoms with van der Waals surface area (Å²) < 4.78 is 23.8. The molecule has 3 aliphatic rings. The number of ketones is 2. The van der Waals surface area contributed by atoms with Gasteiger partial charge in [-0.25, -0.2) is 9.00 Å². The molecule has 7 atom stereocenters. The SMILES string of the molecule is C=CCNC(=O)C(=O)C(CC1CC1)C(C)CCC(=O)[C@@H]1[C@@H](CC(C)C)CCN1C(=O)[C@@H](NC(=O)N[C@H](CN(CCCNC)S(=O)O)C(C)(C)C)C1CCCCC1. The standard InChI is InChI=1S/C42H74N6O7S/c1-9-21-44-39(51)38(50)33(26-30-17-18-30)29(4)16-19-34(49)37-32(25-28(2)3)20-24-48(37)40(52)36(31-14-11-10-12-15-31)46-41(53)45-35(42(5,6)7)27-47(56(54)55)23-13-22-43-8/h9,28-33,35-37,43H,1,10-27H2,2-8H3,(H,44,51)(H,54,55)(H2,45,46,53)/t29?,32-,33?,35-,36+,37+/m1/s1. The number of hydrogen-bond acceptors (Lipinski definition) is 7. The number of amides is 4. The van der Waals surface area contributed by atoms with Crippen LogP contribution in [0.15, 0.2) is 12.7 Å². The number of rotatable bonds is 24. The van der Waals surface area contributed by atoms with Crippen molar-refractivity contribution in [3.8, 4) is 0 Å². The highest BCUT2D eigenvalue weighted by Crippen LogP contribution is 2.40. The number of nitrogens with one attached hydrogen (secondary N) is 4. The van der Waals surface area contributed by atoms with Crippen molar-refractivity contribution in [2.75, 3.05) is 39.8 Å². The molecule has 4 amide bonds. The van der Waals surface area contributed by atoms with Crippen molar-refractivity contribution in [2.24, 2.45) is 40.9 Å². The minimum absolute atomic E-state index is 0.0188. The van der Waals surface area contributed by atoms with Crippen LogP contribution in [0.5, 0.6) is 0 Å². The molecule has 0 radical (unpaired) electrons. The molecule has 13 nitrogen and oxygen atoms in total. The number of Topliss-reactive ketones (excluding diaryl/α,β-unsaturated/α-hetero) is 2. The van der Waals surface area contributed by atoms with E-state index in [0.29, 0.717) is 57.2 Å². The zero-order valence-electron chi connectivity index (χ0n) is 35.4. The van der Waals surface area contributed by atoms with Gasteiger partial charge in [0.1, 0.15) is 6.04 Å². The third-order valence-electron chi connectivity index (χ3n) is 12.2. The number of likely N-dealkylation sites (tertiary alicyclic amines) is 1. The summed E-state index contributed by atoms with van der Waals surface area (Å²) in [7, 11) is 1.82. The molecule has 5 N–H and O–H groups in total. The Kier molecular flexibility index (Phi) is 19.6. The van der Waals surface area contributed by atoms with Crippen molar-refractivity contribution in [3.05, 3.63) is 12.7 Å². The molecule has 14 heteroatoms. The van der Waals surface area contributed by atoms with Gasteiger partial charge in [0, 0.05) is 44.6 Å². The van der Waals surface area contributed by atoms with E-state index in [1.165, 1.54) is 4.31 Å². The lowest BCUT2D eigenvalue weighted by Crippen LogP contribution is -2.60. The molecular weight excluding hydrogens is 733 g/mol. The third kappa shape index (κ3) is 14.9. The summed E-state index contributed by atoms with van der Waals surface area (Å²) in [5.41, 5.74) is -0.465. The maximum absolute atomic E-state index is 14.8. The van der Waals surface area contributed by atoms with E-state index in [1.54, 1.807) is 11.0 Å². The molecule has 56 heavy (non-hydrogen) atoms. The first-order chi connectivity index (χ1) is 26.5. The fourth-order valence-electron chi connectivity index (χ4n) is 8.62. The molecule has 0 aromatic rings. The summed E-state index contributed by atoms with van der Waals surface area (Å²) >= 11 is -2.23. The van der Waals surface area contributed by atoms with Gasteiger partial charge in [-0.2, -0.15) is 4.31 Å². The van der Waals surface area contributed by atoms with Crippen LogP contribution in [-0.4, -0.2) is 105 Å². The summed E-state index contributed by atoms with van der Waals surface area (Å²) in [6, 6.07) is -2.46. The Morgan fingerprint density at radius 1 is 0.982 bits per heavy atom. The highest BCUT2D eigenvalue weighted by Gasteiger charge is 2.46. The van der Waals surface area contributed by atoms with Crippen molar-refractivity contribution in [2.45, 2.75) is 143 Å². The van der Waals surface area contributed by atoms with Gasteiger partial charge in [0.15, 0.2) is 5.78 Å². The predicted molar refractivity (Wildman–Crippen MR) is 222 cm³/mol. The van der Waals surface area contributed by atoms with Crippen LogP contribution >= 0.6 is 0 Å². The van der Waals surface area contributed by atoms with Crippen molar-refractivity contribution in [1.82, 2.24) is 30.5 Å². The maximum Gasteiger partial charge on any atom is 0.315 e. The number of carbonyl (C=O) groups excluding carboxylic acids is 5. The fourth-order valence-corrected chi connectivity index (χ4v) is 9.18. The van der Waals surface area contributed by atoms with Crippen molar-refractivity contribution in [1.29, 1.82) is 0 Å². The van der Waals surface area contributed by atoms with Crippen LogP contribution in [0.4, 0.5) is 4.79 Å². The molecular formula is C42H74N6O7S. The van der Waals surface area contributed by atoms with Crippen molar-refractivity contribution >= 4 is 40.7 Å². The molecule has 1 aliphatic heterocycles. The van der Waals surface area contributed by atoms with Crippen molar-refractivity contribution < 1.29 is 32.7 Å². The van der Waals surface area contributed by atoms with Crippen LogP contribution in [0.25, 0.3) is 0 Å². The fraction of sp³-hybridized carbons (Fsp3) is 0.833. The van der Waals surface area contributed by atoms with Crippen LogP contribution < -0.4 is 21.3 Å². The number of urea groups is 1. The minimum Gasteiger partial charge on any atom is -0.346 e. The molecule has 2 aliphatic carbocycles. The smallest absolute Gasteiger partial charge is 0.315 e. The predicted octanol–water partition coefficient (Wildman–Crippen LogP) is 5.23. The molecule has 3 fully saturated rings. The van der Waals surface area contributed by atoms with Crippen LogP contribution in [0.3, 0.4) is 0 Å². The van der Waals surface area contributed by atoms with Gasteiger partial charge in [-0.1, -0.05) is 79.7 Å². The molecule has 1 saturated heterocycles. The highest BCUT2D eigenvalue weighted by molar-refractivity contribution is 7.76. The van der Waals surface area contributed by atoms with E-state index in [1.807, 2.05) is 34.7 Å². The Balaban J connectivity index is 1.82. The monoisotopic (exact) mass is 807 g/mol. The van der Waals surface area contributed by atoms with Crippen LogP contribution in [0.2, 0.25) is 0 Å². The van der Waals surface area contributed by atoms with E-state index >= 15 is 0 Å². The Morgan fingerprint density at radius 2 is 1.66 bits per heavy atom.